The molecule has 1 saturated heterocycles. The Bertz CT molecular complexity index is 883. The minimum absolute atomic E-state index is 0.0213. The first kappa shape index (κ1) is 22.2. The summed E-state index contributed by atoms with van der Waals surface area (Å²) in [7, 11) is -3.85. The third-order valence-electron chi connectivity index (χ3n) is 4.93. The Hall–Kier alpha value is -1.53. The van der Waals surface area contributed by atoms with Crippen LogP contribution in [-0.2, 0) is 14.8 Å². The molecule has 1 amide bonds. The maximum Gasteiger partial charge on any atom is 0.511 e. The summed E-state index contributed by atoms with van der Waals surface area (Å²) in [6, 6.07) is 3.18. The van der Waals surface area contributed by atoms with Gasteiger partial charge in [0, 0.05) is 29.5 Å². The molecule has 3 rings (SSSR count). The number of carbonyl (C=O) groups excluding carboxylic acids is 1. The summed E-state index contributed by atoms with van der Waals surface area (Å²) in [6.07, 6.45) is 2.06. The first-order valence-corrected chi connectivity index (χ1v) is 11.3. The van der Waals surface area contributed by atoms with E-state index in [0.29, 0.717) is 25.9 Å². The van der Waals surface area contributed by atoms with Gasteiger partial charge in [-0.25, -0.2) is 8.42 Å². The predicted molar refractivity (Wildman–Crippen MR) is 105 cm³/mol. The highest BCUT2D eigenvalue weighted by Crippen LogP contribution is 2.39. The fourth-order valence-electron chi connectivity index (χ4n) is 3.16. The number of methoxy groups -OCH3 is 1. The van der Waals surface area contributed by atoms with Gasteiger partial charge in [-0.3, -0.25) is 4.79 Å². The van der Waals surface area contributed by atoms with Gasteiger partial charge in [0.25, 0.3) is 0 Å². The van der Waals surface area contributed by atoms with Gasteiger partial charge in [0.05, 0.1) is 12.8 Å². The number of hydrogen-bond acceptors (Lipinski definition) is 5. The van der Waals surface area contributed by atoms with Gasteiger partial charge < -0.3 is 15.4 Å². The molecule has 0 atom stereocenters. The van der Waals surface area contributed by atoms with Gasteiger partial charge in [0.15, 0.2) is 0 Å². The summed E-state index contributed by atoms with van der Waals surface area (Å²) < 4.78 is 67.8. The molecule has 0 aromatic heterocycles. The van der Waals surface area contributed by atoms with E-state index in [4.69, 9.17) is 4.74 Å². The van der Waals surface area contributed by atoms with Gasteiger partial charge in [0.2, 0.25) is 5.91 Å². The highest BCUT2D eigenvalue weighted by Gasteiger charge is 2.50. The van der Waals surface area contributed by atoms with Crippen LogP contribution < -0.4 is 15.4 Å². The van der Waals surface area contributed by atoms with E-state index in [1.165, 1.54) is 7.11 Å². The number of sulfonamides is 1. The molecular weight excluding hydrogens is 479 g/mol. The van der Waals surface area contributed by atoms with Crippen molar-refractivity contribution in [2.75, 3.05) is 30.8 Å². The molecule has 0 radical (unpaired) electrons. The Kier molecular flexibility index (Phi) is 6.35. The summed E-state index contributed by atoms with van der Waals surface area (Å²) in [5, 5.41) is 6.07. The van der Waals surface area contributed by atoms with Gasteiger partial charge in [-0.15, -0.1) is 0 Å². The summed E-state index contributed by atoms with van der Waals surface area (Å²) in [5.74, 6) is 0.305. The van der Waals surface area contributed by atoms with Crippen molar-refractivity contribution in [1.29, 1.82) is 0 Å². The zero-order valence-electron chi connectivity index (χ0n) is 15.6. The summed E-state index contributed by atoms with van der Waals surface area (Å²) in [6.45, 7) is -0.483. The van der Waals surface area contributed by atoms with E-state index in [9.17, 15) is 26.4 Å². The molecular formula is C17H21BrF3N3O4S. The molecule has 1 aliphatic heterocycles. The maximum absolute atomic E-state index is 12.7. The highest BCUT2D eigenvalue weighted by atomic mass is 79.9. The lowest BCUT2D eigenvalue weighted by atomic mass is 10.1. The number of benzene rings is 1. The lowest BCUT2D eigenvalue weighted by Crippen LogP contribution is -2.47. The third-order valence-corrected chi connectivity index (χ3v) is 7.02. The van der Waals surface area contributed by atoms with E-state index in [2.05, 4.69) is 26.6 Å². The second kappa shape index (κ2) is 8.31. The smallest absolute Gasteiger partial charge is 0.494 e. The van der Waals surface area contributed by atoms with Crippen molar-refractivity contribution in [2.45, 2.75) is 37.2 Å². The summed E-state index contributed by atoms with van der Waals surface area (Å²) >= 11 is 3.37. The van der Waals surface area contributed by atoms with Crippen molar-refractivity contribution in [1.82, 2.24) is 4.31 Å². The second-order valence-corrected chi connectivity index (χ2v) is 9.91. The number of amides is 1. The Labute approximate surface area is 175 Å². The molecule has 2 aliphatic rings. The minimum atomic E-state index is -5.32. The second-order valence-electron chi connectivity index (χ2n) is 7.06. The topological polar surface area (TPSA) is 87.7 Å². The van der Waals surface area contributed by atoms with Crippen LogP contribution in [0.2, 0.25) is 0 Å². The molecule has 0 spiro atoms. The zero-order valence-corrected chi connectivity index (χ0v) is 18.0. The Balaban J connectivity index is 1.73. The van der Waals surface area contributed by atoms with Crippen LogP contribution in [0.1, 0.15) is 25.7 Å². The molecule has 1 saturated carbocycles. The van der Waals surface area contributed by atoms with Crippen LogP contribution >= 0.6 is 15.9 Å². The molecule has 7 nitrogen and oxygen atoms in total. The number of ether oxygens (including phenoxy) is 1. The average molecular weight is 500 g/mol. The first-order valence-electron chi connectivity index (χ1n) is 9.04. The molecule has 1 aliphatic carbocycles. The van der Waals surface area contributed by atoms with E-state index >= 15 is 0 Å². The van der Waals surface area contributed by atoms with Crippen molar-refractivity contribution in [3.63, 3.8) is 0 Å². The van der Waals surface area contributed by atoms with Crippen molar-refractivity contribution >= 4 is 43.2 Å². The number of rotatable bonds is 6. The Morgan fingerprint density at radius 3 is 2.34 bits per heavy atom. The normalized spacial score (nSPS) is 19.1. The monoisotopic (exact) mass is 499 g/mol. The van der Waals surface area contributed by atoms with Gasteiger partial charge in [-0.2, -0.15) is 17.5 Å². The van der Waals surface area contributed by atoms with Crippen LogP contribution in [0.4, 0.5) is 24.5 Å². The number of anilines is 2. The van der Waals surface area contributed by atoms with Gasteiger partial charge in [-0.1, -0.05) is 15.9 Å². The number of piperidine rings is 1. The predicted octanol–water partition coefficient (Wildman–Crippen LogP) is 3.53. The largest absolute Gasteiger partial charge is 0.511 e. The van der Waals surface area contributed by atoms with E-state index in [-0.39, 0.29) is 43.8 Å². The summed E-state index contributed by atoms with van der Waals surface area (Å²) in [4.78, 5) is 12.2. The lowest BCUT2D eigenvalue weighted by Gasteiger charge is -2.33. The molecule has 1 aromatic carbocycles. The molecule has 0 unspecified atom stereocenters. The number of carbonyl (C=O) groups is 1. The quantitative estimate of drug-likeness (QED) is 0.624. The van der Waals surface area contributed by atoms with Crippen LogP contribution in [0.5, 0.6) is 5.75 Å². The first-order chi connectivity index (χ1) is 13.5. The van der Waals surface area contributed by atoms with Crippen LogP contribution in [-0.4, -0.2) is 50.4 Å². The van der Waals surface area contributed by atoms with E-state index in [1.807, 2.05) is 0 Å². The summed E-state index contributed by atoms with van der Waals surface area (Å²) in [5.41, 5.74) is -4.29. The Morgan fingerprint density at radius 2 is 1.83 bits per heavy atom. The van der Waals surface area contributed by atoms with E-state index in [0.717, 1.165) is 12.8 Å². The molecule has 2 N–H and O–H groups in total. The standard InChI is InChI=1S/C17H21BrF3N3O4S/c1-28-14-9-11(18)8-13(15(14)23-16(25)10-2-3-10)22-12-4-6-24(7-5-12)29(26,27)17(19,20)21/h8-10,12,22H,2-7H2,1H3,(H,23,25). The number of halogens is 4. The molecule has 12 heteroatoms. The van der Waals surface area contributed by atoms with Crippen LogP contribution in [0.15, 0.2) is 16.6 Å². The fraction of sp³-hybridized carbons (Fsp3) is 0.588. The molecule has 1 aromatic rings. The number of alkyl halides is 3. The SMILES string of the molecule is COc1cc(Br)cc(NC2CCN(S(=O)(=O)C(F)(F)F)CC2)c1NC(=O)C1CC1. The van der Waals surface area contributed by atoms with Gasteiger partial charge in [-0.05, 0) is 37.8 Å². The lowest BCUT2D eigenvalue weighted by molar-refractivity contribution is -0.117. The van der Waals surface area contributed by atoms with Crippen LogP contribution in [0.25, 0.3) is 0 Å². The van der Waals surface area contributed by atoms with Crippen LogP contribution in [0.3, 0.4) is 0 Å². The molecule has 162 valence electrons. The Morgan fingerprint density at radius 1 is 1.21 bits per heavy atom. The van der Waals surface area contributed by atoms with Crippen molar-refractivity contribution < 1.29 is 31.1 Å². The molecule has 29 heavy (non-hydrogen) atoms. The maximum atomic E-state index is 12.7. The van der Waals surface area contributed by atoms with Gasteiger partial charge >= 0.3 is 15.5 Å². The average Bonchev–Trinajstić information content (AvgIpc) is 3.48. The van der Waals surface area contributed by atoms with Crippen molar-refractivity contribution in [2.24, 2.45) is 5.92 Å². The van der Waals surface area contributed by atoms with E-state index in [1.54, 1.807) is 12.1 Å². The number of nitrogens with zero attached hydrogens (tertiary/aromatic N) is 1. The van der Waals surface area contributed by atoms with E-state index < -0.39 is 15.5 Å². The third kappa shape index (κ3) is 4.97. The van der Waals surface area contributed by atoms with Crippen LogP contribution in [0, 0.1) is 5.92 Å². The van der Waals surface area contributed by atoms with Gasteiger partial charge in [0.1, 0.15) is 11.4 Å². The molecule has 2 fully saturated rings. The molecule has 0 bridgehead atoms. The zero-order chi connectivity index (χ0) is 21.4. The fourth-order valence-corrected chi connectivity index (χ4v) is 4.58. The van der Waals surface area contributed by atoms with Crippen molar-refractivity contribution in [3.05, 3.63) is 16.6 Å². The molecule has 1 heterocycles. The number of hydrogen-bond donors (Lipinski definition) is 2. The minimum Gasteiger partial charge on any atom is -0.494 e. The van der Waals surface area contributed by atoms with Crippen molar-refractivity contribution in [3.8, 4) is 5.75 Å². The number of nitrogens with one attached hydrogen (secondary N) is 2. The highest BCUT2D eigenvalue weighted by molar-refractivity contribution is 9.10.